The number of sulfonamides is 1. The van der Waals surface area contributed by atoms with Gasteiger partial charge in [-0.25, -0.2) is 13.2 Å². The van der Waals surface area contributed by atoms with Crippen LogP contribution in [-0.2, 0) is 19.6 Å². The first-order chi connectivity index (χ1) is 20.2. The van der Waals surface area contributed by atoms with Gasteiger partial charge in [-0.15, -0.1) is 11.3 Å². The average molecular weight is 630 g/mol. The van der Waals surface area contributed by atoms with E-state index in [2.05, 4.69) is 15.4 Å². The summed E-state index contributed by atoms with van der Waals surface area (Å²) in [6.45, 7) is 1.04. The van der Waals surface area contributed by atoms with Gasteiger partial charge in [0.05, 0.1) is 16.6 Å². The second-order valence-corrected chi connectivity index (χ2v) is 13.7. The zero-order valence-electron chi connectivity index (χ0n) is 22.8. The van der Waals surface area contributed by atoms with E-state index < -0.39 is 22.0 Å². The van der Waals surface area contributed by atoms with Crippen LogP contribution in [0.5, 0.6) is 0 Å². The lowest BCUT2D eigenvalue weighted by Crippen LogP contribution is -2.55. The van der Waals surface area contributed by atoms with Crippen LogP contribution in [0.3, 0.4) is 0 Å². The molecule has 2 atom stereocenters. The molecule has 2 fully saturated rings. The molecular formula is C29H32ClN5O5S2. The van der Waals surface area contributed by atoms with E-state index in [9.17, 15) is 22.8 Å². The highest BCUT2D eigenvalue weighted by Crippen LogP contribution is 2.24. The van der Waals surface area contributed by atoms with Gasteiger partial charge in [0.2, 0.25) is 21.8 Å². The number of hydrogen-bond acceptors (Lipinski definition) is 6. The Morgan fingerprint density at radius 3 is 2.62 bits per heavy atom. The SMILES string of the molecule is O=C(NC[C@H]1CCCN1C(=O)CN1CCC[C@H](NS(=O)(=O)C=Cc2ccc(Cl)s2)C1=O)Nc1cccc2ccccc12. The number of fused-ring (bicyclic) bond motifs is 1. The van der Waals surface area contributed by atoms with Crippen molar-refractivity contribution >= 4 is 73.3 Å². The Morgan fingerprint density at radius 1 is 1.02 bits per heavy atom. The van der Waals surface area contributed by atoms with Crippen LogP contribution >= 0.6 is 22.9 Å². The molecule has 0 unspecified atom stereocenters. The molecule has 222 valence electrons. The second kappa shape index (κ2) is 13.2. The predicted octanol–water partition coefficient (Wildman–Crippen LogP) is 4.25. The summed E-state index contributed by atoms with van der Waals surface area (Å²) in [6, 6.07) is 15.4. The quantitative estimate of drug-likeness (QED) is 0.326. The van der Waals surface area contributed by atoms with Crippen molar-refractivity contribution in [1.29, 1.82) is 0 Å². The summed E-state index contributed by atoms with van der Waals surface area (Å²) in [5.74, 6) is -0.644. The molecule has 0 aliphatic carbocycles. The molecule has 10 nitrogen and oxygen atoms in total. The molecule has 5 rings (SSSR count). The predicted molar refractivity (Wildman–Crippen MR) is 166 cm³/mol. The Kier molecular flexibility index (Phi) is 9.47. The van der Waals surface area contributed by atoms with Gasteiger partial charge in [-0.1, -0.05) is 48.0 Å². The first-order valence-electron chi connectivity index (χ1n) is 13.8. The van der Waals surface area contributed by atoms with E-state index in [-0.39, 0.29) is 31.1 Å². The number of nitrogens with zero attached hydrogens (tertiary/aromatic N) is 2. The fourth-order valence-corrected chi connectivity index (χ4v) is 7.43. The number of carbonyl (C=O) groups excluding carboxylic acids is 3. The van der Waals surface area contributed by atoms with E-state index >= 15 is 0 Å². The zero-order valence-corrected chi connectivity index (χ0v) is 25.2. The van der Waals surface area contributed by atoms with Crippen LogP contribution < -0.4 is 15.4 Å². The highest BCUT2D eigenvalue weighted by molar-refractivity contribution is 7.92. The molecule has 2 aliphatic rings. The summed E-state index contributed by atoms with van der Waals surface area (Å²) in [7, 11) is -3.89. The maximum absolute atomic E-state index is 13.2. The van der Waals surface area contributed by atoms with Gasteiger partial charge in [0, 0.05) is 41.3 Å². The fraction of sp³-hybridized carbons (Fsp3) is 0.345. The minimum absolute atomic E-state index is 0.140. The van der Waals surface area contributed by atoms with Gasteiger partial charge in [0.15, 0.2) is 0 Å². The number of hydrogen-bond donors (Lipinski definition) is 3. The number of urea groups is 1. The minimum atomic E-state index is -3.89. The standard InChI is InChI=1S/C29H32ClN5O5S2/c30-26-13-12-22(41-26)14-17-42(39,40)33-25-11-5-15-34(28(25)37)19-27(36)35-16-4-8-21(35)18-31-29(38)32-24-10-3-7-20-6-1-2-9-23(20)24/h1-3,6-7,9-10,12-14,17,21,25,33H,4-5,8,11,15-16,18-19H2,(H2,31,32,38)/t21-,25+/m1/s1. The lowest BCUT2D eigenvalue weighted by molar-refractivity contribution is -0.143. The highest BCUT2D eigenvalue weighted by atomic mass is 35.5. The minimum Gasteiger partial charge on any atom is -0.336 e. The maximum atomic E-state index is 13.2. The average Bonchev–Trinajstić information content (AvgIpc) is 3.62. The third-order valence-corrected chi connectivity index (χ3v) is 9.71. The summed E-state index contributed by atoms with van der Waals surface area (Å²) < 4.78 is 28.2. The van der Waals surface area contributed by atoms with Gasteiger partial charge in [-0.2, -0.15) is 4.72 Å². The van der Waals surface area contributed by atoms with Crippen molar-refractivity contribution in [2.75, 3.05) is 31.5 Å². The van der Waals surface area contributed by atoms with Gasteiger partial charge >= 0.3 is 6.03 Å². The zero-order chi connectivity index (χ0) is 29.7. The topological polar surface area (TPSA) is 128 Å². The lowest BCUT2D eigenvalue weighted by Gasteiger charge is -2.34. The van der Waals surface area contributed by atoms with Crippen molar-refractivity contribution in [2.24, 2.45) is 0 Å². The van der Waals surface area contributed by atoms with E-state index in [1.54, 1.807) is 17.0 Å². The number of anilines is 1. The van der Waals surface area contributed by atoms with Gasteiger partial charge in [0.25, 0.3) is 0 Å². The monoisotopic (exact) mass is 629 g/mol. The number of thiophene rings is 1. The van der Waals surface area contributed by atoms with E-state index in [1.165, 1.54) is 22.3 Å². The fourth-order valence-electron chi connectivity index (χ4n) is 5.36. The summed E-state index contributed by atoms with van der Waals surface area (Å²) in [6.07, 6.45) is 3.87. The second-order valence-electron chi connectivity index (χ2n) is 10.3. The maximum Gasteiger partial charge on any atom is 0.319 e. The highest BCUT2D eigenvalue weighted by Gasteiger charge is 2.35. The Hall–Kier alpha value is -3.45. The van der Waals surface area contributed by atoms with Crippen molar-refractivity contribution < 1.29 is 22.8 Å². The molecule has 3 aromatic rings. The van der Waals surface area contributed by atoms with Crippen LogP contribution in [0, 0.1) is 0 Å². The van der Waals surface area contributed by atoms with Crippen LogP contribution in [0.1, 0.15) is 30.6 Å². The molecule has 0 bridgehead atoms. The number of amides is 4. The molecule has 0 saturated carbocycles. The van der Waals surface area contributed by atoms with Crippen LogP contribution in [-0.4, -0.2) is 74.3 Å². The van der Waals surface area contributed by atoms with Crippen LogP contribution in [0.4, 0.5) is 10.5 Å². The molecule has 3 N–H and O–H groups in total. The summed E-state index contributed by atoms with van der Waals surface area (Å²) in [5.41, 5.74) is 0.699. The van der Waals surface area contributed by atoms with Crippen molar-refractivity contribution in [3.63, 3.8) is 0 Å². The number of benzene rings is 2. The normalized spacial score (nSPS) is 19.5. The van der Waals surface area contributed by atoms with Crippen LogP contribution in [0.15, 0.2) is 60.0 Å². The van der Waals surface area contributed by atoms with Gasteiger partial charge in [0.1, 0.15) is 6.04 Å². The first-order valence-corrected chi connectivity index (χ1v) is 16.5. The van der Waals surface area contributed by atoms with E-state index in [0.29, 0.717) is 40.8 Å². The Bertz CT molecular complexity index is 1600. The molecule has 2 aliphatic heterocycles. The summed E-state index contributed by atoms with van der Waals surface area (Å²) in [5, 5.41) is 8.74. The summed E-state index contributed by atoms with van der Waals surface area (Å²) in [4.78, 5) is 42.8. The number of carbonyl (C=O) groups is 3. The molecule has 13 heteroatoms. The first kappa shape index (κ1) is 30.0. The molecule has 0 radical (unpaired) electrons. The van der Waals surface area contributed by atoms with Gasteiger partial charge in [-0.3, -0.25) is 9.59 Å². The lowest BCUT2D eigenvalue weighted by atomic mass is 10.1. The van der Waals surface area contributed by atoms with Crippen molar-refractivity contribution in [3.05, 3.63) is 69.2 Å². The molecule has 42 heavy (non-hydrogen) atoms. The number of rotatable bonds is 9. The third kappa shape index (κ3) is 7.49. The van der Waals surface area contributed by atoms with Crippen molar-refractivity contribution in [3.8, 4) is 0 Å². The van der Waals surface area contributed by atoms with E-state index in [4.69, 9.17) is 11.6 Å². The number of likely N-dealkylation sites (tertiary alicyclic amines) is 2. The van der Waals surface area contributed by atoms with Crippen molar-refractivity contribution in [1.82, 2.24) is 19.8 Å². The molecule has 3 heterocycles. The third-order valence-electron chi connectivity index (χ3n) is 7.40. The smallest absolute Gasteiger partial charge is 0.319 e. The van der Waals surface area contributed by atoms with Crippen LogP contribution in [0.25, 0.3) is 16.8 Å². The molecular weight excluding hydrogens is 598 g/mol. The van der Waals surface area contributed by atoms with Crippen LogP contribution in [0.2, 0.25) is 4.34 Å². The van der Waals surface area contributed by atoms with Gasteiger partial charge < -0.3 is 20.4 Å². The number of nitrogens with one attached hydrogen (secondary N) is 3. The molecule has 0 spiro atoms. The number of halogens is 1. The Balaban J connectivity index is 1.13. The van der Waals surface area contributed by atoms with Crippen molar-refractivity contribution in [2.45, 2.75) is 37.8 Å². The molecule has 4 amide bonds. The Labute approximate surface area is 253 Å². The largest absolute Gasteiger partial charge is 0.336 e. The Morgan fingerprint density at radius 2 is 1.81 bits per heavy atom. The molecule has 2 saturated heterocycles. The summed E-state index contributed by atoms with van der Waals surface area (Å²) >= 11 is 7.14. The van der Waals surface area contributed by atoms with Gasteiger partial charge in [-0.05, 0) is 55.3 Å². The number of piperidine rings is 1. The molecule has 2 aromatic carbocycles. The van der Waals surface area contributed by atoms with E-state index in [0.717, 1.165) is 29.0 Å². The van der Waals surface area contributed by atoms with E-state index in [1.807, 2.05) is 42.5 Å². The molecule has 1 aromatic heterocycles.